The molecule has 90 valence electrons. The molecule has 3 heteroatoms. The zero-order valence-electron chi connectivity index (χ0n) is 10.5. The number of likely N-dealkylation sites (tertiary alicyclic amines) is 1. The first kappa shape index (κ1) is 12.9. The van der Waals surface area contributed by atoms with Gasteiger partial charge in [-0.1, -0.05) is 6.92 Å². The third-order valence-electron chi connectivity index (χ3n) is 3.37. The Balaban J connectivity index is 2.42. The van der Waals surface area contributed by atoms with E-state index in [9.17, 15) is 0 Å². The van der Waals surface area contributed by atoms with Crippen molar-refractivity contribution >= 4 is 0 Å². The summed E-state index contributed by atoms with van der Waals surface area (Å²) < 4.78 is 5.30. The van der Waals surface area contributed by atoms with Crippen LogP contribution in [0.25, 0.3) is 0 Å². The Kier molecular flexibility index (Phi) is 6.22. The molecule has 0 amide bonds. The molecule has 0 bridgehead atoms. The molecule has 1 aliphatic rings. The lowest BCUT2D eigenvalue weighted by molar-refractivity contribution is 0.0918. The van der Waals surface area contributed by atoms with E-state index in [-0.39, 0.29) is 0 Å². The van der Waals surface area contributed by atoms with Gasteiger partial charge >= 0.3 is 0 Å². The van der Waals surface area contributed by atoms with Crippen molar-refractivity contribution in [3.8, 4) is 0 Å². The maximum Gasteiger partial charge on any atom is 0.0630 e. The molecule has 2 unspecified atom stereocenters. The molecule has 1 aliphatic heterocycles. The van der Waals surface area contributed by atoms with Crippen LogP contribution in [0.2, 0.25) is 0 Å². The molecule has 1 rings (SSSR count). The van der Waals surface area contributed by atoms with Crippen LogP contribution >= 0.6 is 0 Å². The molecular formula is C12H26N2O. The summed E-state index contributed by atoms with van der Waals surface area (Å²) in [6.07, 6.45) is 4.06. The summed E-state index contributed by atoms with van der Waals surface area (Å²) in [5.41, 5.74) is 0. The molecule has 1 heterocycles. The molecule has 0 radical (unpaired) electrons. The Morgan fingerprint density at radius 3 is 2.87 bits per heavy atom. The molecule has 2 atom stereocenters. The third-order valence-corrected chi connectivity index (χ3v) is 3.37. The maximum atomic E-state index is 5.30. The number of ether oxygens (including phenoxy) is 1. The molecule has 0 saturated carbocycles. The monoisotopic (exact) mass is 214 g/mol. The Bertz CT molecular complexity index is 158. The van der Waals surface area contributed by atoms with Crippen LogP contribution in [0.4, 0.5) is 0 Å². The van der Waals surface area contributed by atoms with Gasteiger partial charge in [0.2, 0.25) is 0 Å². The van der Waals surface area contributed by atoms with Crippen molar-refractivity contribution in [2.75, 3.05) is 40.4 Å². The molecule has 1 N–H and O–H groups in total. The predicted molar refractivity (Wildman–Crippen MR) is 64.2 cm³/mol. The summed E-state index contributed by atoms with van der Waals surface area (Å²) in [5.74, 6) is 0.896. The van der Waals surface area contributed by atoms with Crippen molar-refractivity contribution in [3.63, 3.8) is 0 Å². The first-order valence-electron chi connectivity index (χ1n) is 6.15. The van der Waals surface area contributed by atoms with Gasteiger partial charge in [-0.25, -0.2) is 0 Å². The van der Waals surface area contributed by atoms with E-state index in [1.807, 2.05) is 7.05 Å². The SMILES string of the molecule is CNCC(COC)N1CCCC(C)CC1. The normalized spacial score (nSPS) is 26.2. The molecule has 0 aromatic rings. The van der Waals surface area contributed by atoms with Crippen molar-refractivity contribution in [1.29, 1.82) is 0 Å². The maximum absolute atomic E-state index is 5.30. The summed E-state index contributed by atoms with van der Waals surface area (Å²) in [6, 6.07) is 0.547. The lowest BCUT2D eigenvalue weighted by Crippen LogP contribution is -2.45. The highest BCUT2D eigenvalue weighted by molar-refractivity contribution is 4.76. The lowest BCUT2D eigenvalue weighted by Gasteiger charge is -2.30. The van der Waals surface area contributed by atoms with Crippen LogP contribution in [-0.4, -0.2) is 51.3 Å². The first-order valence-corrected chi connectivity index (χ1v) is 6.15. The third kappa shape index (κ3) is 4.49. The van der Waals surface area contributed by atoms with Crippen LogP contribution in [0.15, 0.2) is 0 Å². The van der Waals surface area contributed by atoms with Crippen LogP contribution in [0.3, 0.4) is 0 Å². The average Bonchev–Trinajstić information content (AvgIpc) is 2.43. The van der Waals surface area contributed by atoms with Gasteiger partial charge in [-0.2, -0.15) is 0 Å². The van der Waals surface area contributed by atoms with Gasteiger partial charge in [0.15, 0.2) is 0 Å². The smallest absolute Gasteiger partial charge is 0.0630 e. The summed E-state index contributed by atoms with van der Waals surface area (Å²) in [4.78, 5) is 2.59. The molecule has 15 heavy (non-hydrogen) atoms. The number of nitrogens with one attached hydrogen (secondary N) is 1. The van der Waals surface area contributed by atoms with Gasteiger partial charge in [-0.15, -0.1) is 0 Å². The Labute approximate surface area is 94.2 Å². The van der Waals surface area contributed by atoms with Gasteiger partial charge in [0.05, 0.1) is 6.61 Å². The van der Waals surface area contributed by atoms with Crippen LogP contribution in [0.1, 0.15) is 26.2 Å². The van der Waals surface area contributed by atoms with Gasteiger partial charge < -0.3 is 10.1 Å². The van der Waals surface area contributed by atoms with E-state index in [1.54, 1.807) is 7.11 Å². The molecule has 0 aliphatic carbocycles. The molecular weight excluding hydrogens is 188 g/mol. The van der Waals surface area contributed by atoms with E-state index >= 15 is 0 Å². The fourth-order valence-corrected chi connectivity index (χ4v) is 2.37. The second kappa shape index (κ2) is 7.20. The summed E-state index contributed by atoms with van der Waals surface area (Å²) in [5, 5.41) is 3.26. The van der Waals surface area contributed by atoms with Crippen LogP contribution < -0.4 is 5.32 Å². The van der Waals surface area contributed by atoms with E-state index < -0.39 is 0 Å². The van der Waals surface area contributed by atoms with E-state index in [0.717, 1.165) is 19.1 Å². The number of rotatable bonds is 5. The minimum absolute atomic E-state index is 0.547. The largest absolute Gasteiger partial charge is 0.383 e. The molecule has 0 spiro atoms. The number of methoxy groups -OCH3 is 1. The number of hydrogen-bond donors (Lipinski definition) is 1. The van der Waals surface area contributed by atoms with Crippen LogP contribution in [0.5, 0.6) is 0 Å². The standard InChI is InChI=1S/C12H26N2O/c1-11-5-4-7-14(8-6-11)12(9-13-2)10-15-3/h11-13H,4-10H2,1-3H3. The van der Waals surface area contributed by atoms with E-state index in [4.69, 9.17) is 4.74 Å². The summed E-state index contributed by atoms with van der Waals surface area (Å²) in [6.45, 7) is 6.71. The fourth-order valence-electron chi connectivity index (χ4n) is 2.37. The molecule has 1 saturated heterocycles. The van der Waals surface area contributed by atoms with Gasteiger partial charge in [0.1, 0.15) is 0 Å². The zero-order chi connectivity index (χ0) is 11.1. The quantitative estimate of drug-likeness (QED) is 0.747. The van der Waals surface area contributed by atoms with Gasteiger partial charge in [0.25, 0.3) is 0 Å². The number of hydrogen-bond acceptors (Lipinski definition) is 3. The minimum atomic E-state index is 0.547. The molecule has 3 nitrogen and oxygen atoms in total. The molecule has 0 aromatic heterocycles. The van der Waals surface area contributed by atoms with Crippen molar-refractivity contribution in [3.05, 3.63) is 0 Å². The van der Waals surface area contributed by atoms with Crippen molar-refractivity contribution < 1.29 is 4.74 Å². The Morgan fingerprint density at radius 1 is 1.40 bits per heavy atom. The minimum Gasteiger partial charge on any atom is -0.383 e. The highest BCUT2D eigenvalue weighted by Crippen LogP contribution is 2.18. The average molecular weight is 214 g/mol. The second-order valence-corrected chi connectivity index (χ2v) is 4.74. The second-order valence-electron chi connectivity index (χ2n) is 4.74. The van der Waals surface area contributed by atoms with Crippen molar-refractivity contribution in [1.82, 2.24) is 10.2 Å². The topological polar surface area (TPSA) is 24.5 Å². The Hall–Kier alpha value is -0.120. The summed E-state index contributed by atoms with van der Waals surface area (Å²) >= 11 is 0. The number of likely N-dealkylation sites (N-methyl/N-ethyl adjacent to an activating group) is 1. The molecule has 0 aromatic carbocycles. The summed E-state index contributed by atoms with van der Waals surface area (Å²) in [7, 11) is 3.81. The number of nitrogens with zero attached hydrogens (tertiary/aromatic N) is 1. The van der Waals surface area contributed by atoms with Crippen LogP contribution in [-0.2, 0) is 4.74 Å². The van der Waals surface area contributed by atoms with Crippen molar-refractivity contribution in [2.45, 2.75) is 32.2 Å². The van der Waals surface area contributed by atoms with Gasteiger partial charge in [-0.05, 0) is 45.3 Å². The van der Waals surface area contributed by atoms with E-state index in [0.29, 0.717) is 6.04 Å². The fraction of sp³-hybridized carbons (Fsp3) is 1.00. The highest BCUT2D eigenvalue weighted by atomic mass is 16.5. The van der Waals surface area contributed by atoms with Gasteiger partial charge in [0, 0.05) is 19.7 Å². The zero-order valence-corrected chi connectivity index (χ0v) is 10.5. The molecule has 1 fully saturated rings. The highest BCUT2D eigenvalue weighted by Gasteiger charge is 2.20. The van der Waals surface area contributed by atoms with E-state index in [2.05, 4.69) is 17.1 Å². The van der Waals surface area contributed by atoms with Gasteiger partial charge in [-0.3, -0.25) is 4.90 Å². The lowest BCUT2D eigenvalue weighted by atomic mass is 10.0. The predicted octanol–water partition coefficient (Wildman–Crippen LogP) is 1.34. The first-order chi connectivity index (χ1) is 7.27. The van der Waals surface area contributed by atoms with Crippen molar-refractivity contribution in [2.24, 2.45) is 5.92 Å². The van der Waals surface area contributed by atoms with Crippen LogP contribution in [0, 0.1) is 5.92 Å². The Morgan fingerprint density at radius 2 is 2.20 bits per heavy atom. The van der Waals surface area contributed by atoms with E-state index in [1.165, 1.54) is 32.4 Å².